The van der Waals surface area contributed by atoms with Gasteiger partial charge in [0, 0.05) is 0 Å². The van der Waals surface area contributed by atoms with Gasteiger partial charge in [0.1, 0.15) is 11.9 Å². The van der Waals surface area contributed by atoms with E-state index in [0.717, 1.165) is 18.2 Å². The summed E-state index contributed by atoms with van der Waals surface area (Å²) in [7, 11) is 0. The Morgan fingerprint density at radius 1 is 1.38 bits per heavy atom. The second-order valence-corrected chi connectivity index (χ2v) is 3.10. The molecule has 84 valence electrons. The third kappa shape index (κ3) is 2.53. The molecule has 2 atom stereocenters. The second-order valence-electron chi connectivity index (χ2n) is 3.10. The summed E-state index contributed by atoms with van der Waals surface area (Å²) in [6, 6.07) is 4.00. The number of aliphatic hydroxyl groups is 2. The average molecular weight is 225 g/mol. The minimum absolute atomic E-state index is 0.161. The molecule has 3 N–H and O–H groups in total. The molecule has 0 saturated heterocycles. The zero-order valence-corrected chi connectivity index (χ0v) is 7.96. The number of aromatic carboxylic acids is 1. The van der Waals surface area contributed by atoms with Gasteiger partial charge in [0.15, 0.2) is 6.10 Å². The number of hydrogen-bond acceptors (Lipinski definition) is 4. The lowest BCUT2D eigenvalue weighted by atomic mass is 10.0. The Labute approximate surface area is 90.0 Å². The SMILES string of the molecule is N#CC(O)C(O)c1cc(F)cc(C(=O)O)c1. The minimum atomic E-state index is -1.73. The van der Waals surface area contributed by atoms with E-state index in [9.17, 15) is 14.3 Å². The average Bonchev–Trinajstić information content (AvgIpc) is 2.26. The molecule has 6 heteroatoms. The van der Waals surface area contributed by atoms with E-state index in [2.05, 4.69) is 0 Å². The van der Waals surface area contributed by atoms with Crippen molar-refractivity contribution in [1.82, 2.24) is 0 Å². The minimum Gasteiger partial charge on any atom is -0.478 e. The van der Waals surface area contributed by atoms with Gasteiger partial charge in [-0.05, 0) is 23.8 Å². The molecular weight excluding hydrogens is 217 g/mol. The zero-order valence-electron chi connectivity index (χ0n) is 7.96. The van der Waals surface area contributed by atoms with E-state index < -0.39 is 24.0 Å². The quantitative estimate of drug-likeness (QED) is 0.648. The Hall–Kier alpha value is -1.97. The van der Waals surface area contributed by atoms with Gasteiger partial charge >= 0.3 is 5.97 Å². The summed E-state index contributed by atoms with van der Waals surface area (Å²) in [6.07, 6.45) is -3.37. The summed E-state index contributed by atoms with van der Waals surface area (Å²) in [5.74, 6) is -2.22. The monoisotopic (exact) mass is 225 g/mol. The molecule has 0 fully saturated rings. The van der Waals surface area contributed by atoms with Crippen molar-refractivity contribution in [3.8, 4) is 6.07 Å². The number of rotatable bonds is 3. The van der Waals surface area contributed by atoms with Crippen molar-refractivity contribution < 1.29 is 24.5 Å². The van der Waals surface area contributed by atoms with E-state index in [0.29, 0.717) is 0 Å². The number of aliphatic hydroxyl groups excluding tert-OH is 2. The number of carboxylic acid groups (broad SMARTS) is 1. The Morgan fingerprint density at radius 3 is 2.50 bits per heavy atom. The number of carboxylic acids is 1. The van der Waals surface area contributed by atoms with E-state index in [4.69, 9.17) is 15.5 Å². The second kappa shape index (κ2) is 4.70. The molecular formula is C10H8FNO4. The van der Waals surface area contributed by atoms with Gasteiger partial charge < -0.3 is 15.3 Å². The Bertz CT molecular complexity index is 455. The van der Waals surface area contributed by atoms with Crippen LogP contribution in [0.15, 0.2) is 18.2 Å². The predicted molar refractivity (Wildman–Crippen MR) is 49.9 cm³/mol. The number of halogens is 1. The van der Waals surface area contributed by atoms with E-state index >= 15 is 0 Å². The lowest BCUT2D eigenvalue weighted by molar-refractivity contribution is 0.0523. The molecule has 0 saturated carbocycles. The largest absolute Gasteiger partial charge is 0.478 e. The van der Waals surface area contributed by atoms with Crippen LogP contribution in [-0.2, 0) is 0 Å². The molecule has 1 aromatic rings. The summed E-state index contributed by atoms with van der Waals surface area (Å²) in [6.45, 7) is 0. The van der Waals surface area contributed by atoms with E-state index in [1.165, 1.54) is 6.07 Å². The van der Waals surface area contributed by atoms with Crippen molar-refractivity contribution in [3.05, 3.63) is 35.1 Å². The van der Waals surface area contributed by atoms with Gasteiger partial charge in [0.25, 0.3) is 0 Å². The molecule has 1 aromatic carbocycles. The number of hydrogen-bond donors (Lipinski definition) is 3. The van der Waals surface area contributed by atoms with Crippen LogP contribution in [0.25, 0.3) is 0 Å². The van der Waals surface area contributed by atoms with E-state index in [1.54, 1.807) is 0 Å². The van der Waals surface area contributed by atoms with Gasteiger partial charge in [-0.15, -0.1) is 0 Å². The maximum Gasteiger partial charge on any atom is 0.335 e. The van der Waals surface area contributed by atoms with Crippen molar-refractivity contribution in [2.45, 2.75) is 12.2 Å². The van der Waals surface area contributed by atoms with Gasteiger partial charge in [-0.2, -0.15) is 5.26 Å². The number of benzene rings is 1. The third-order valence-corrected chi connectivity index (χ3v) is 1.94. The molecule has 2 unspecified atom stereocenters. The molecule has 0 aliphatic heterocycles. The molecule has 5 nitrogen and oxygen atoms in total. The maximum atomic E-state index is 13.0. The van der Waals surface area contributed by atoms with Gasteiger partial charge in [-0.25, -0.2) is 9.18 Å². The molecule has 16 heavy (non-hydrogen) atoms. The first kappa shape index (κ1) is 12.1. The van der Waals surface area contributed by atoms with E-state index in [1.807, 2.05) is 0 Å². The Kier molecular flexibility index (Phi) is 3.55. The smallest absolute Gasteiger partial charge is 0.335 e. The summed E-state index contributed by atoms with van der Waals surface area (Å²) in [4.78, 5) is 10.6. The normalized spacial score (nSPS) is 13.9. The van der Waals surface area contributed by atoms with Crippen LogP contribution in [0.4, 0.5) is 4.39 Å². The molecule has 0 amide bonds. The van der Waals surface area contributed by atoms with Gasteiger partial charge in [-0.1, -0.05) is 0 Å². The molecule has 0 aliphatic carbocycles. The van der Waals surface area contributed by atoms with Crippen LogP contribution in [0.3, 0.4) is 0 Å². The third-order valence-electron chi connectivity index (χ3n) is 1.94. The molecule has 0 heterocycles. The topological polar surface area (TPSA) is 102 Å². The Morgan fingerprint density at radius 2 is 2.00 bits per heavy atom. The van der Waals surface area contributed by atoms with Crippen LogP contribution in [0.5, 0.6) is 0 Å². The van der Waals surface area contributed by atoms with Crippen LogP contribution in [0.1, 0.15) is 22.0 Å². The summed E-state index contributed by atoms with van der Waals surface area (Å²) in [5, 5.41) is 35.4. The number of nitriles is 1. The maximum absolute atomic E-state index is 13.0. The summed E-state index contributed by atoms with van der Waals surface area (Å²) < 4.78 is 13.0. The number of nitrogens with zero attached hydrogens (tertiary/aromatic N) is 1. The molecule has 0 spiro atoms. The summed E-state index contributed by atoms with van der Waals surface area (Å²) in [5.41, 5.74) is -0.523. The highest BCUT2D eigenvalue weighted by Gasteiger charge is 2.20. The zero-order chi connectivity index (χ0) is 12.3. The summed E-state index contributed by atoms with van der Waals surface area (Å²) >= 11 is 0. The van der Waals surface area contributed by atoms with Crippen LogP contribution in [0, 0.1) is 17.1 Å². The first-order valence-corrected chi connectivity index (χ1v) is 4.25. The fraction of sp³-hybridized carbons (Fsp3) is 0.200. The van der Waals surface area contributed by atoms with Crippen LogP contribution < -0.4 is 0 Å². The Balaban J connectivity index is 3.15. The first-order valence-electron chi connectivity index (χ1n) is 4.25. The van der Waals surface area contributed by atoms with Crippen LogP contribution in [0.2, 0.25) is 0 Å². The first-order chi connectivity index (χ1) is 7.45. The lowest BCUT2D eigenvalue weighted by Crippen LogP contribution is -2.16. The molecule has 0 aromatic heterocycles. The molecule has 0 bridgehead atoms. The molecule has 0 radical (unpaired) electrons. The van der Waals surface area contributed by atoms with Gasteiger partial charge in [0.05, 0.1) is 11.6 Å². The van der Waals surface area contributed by atoms with Crippen molar-refractivity contribution in [2.24, 2.45) is 0 Å². The van der Waals surface area contributed by atoms with Crippen molar-refractivity contribution in [3.63, 3.8) is 0 Å². The van der Waals surface area contributed by atoms with Crippen LogP contribution in [-0.4, -0.2) is 27.4 Å². The highest BCUT2D eigenvalue weighted by Crippen LogP contribution is 2.19. The van der Waals surface area contributed by atoms with Crippen LogP contribution >= 0.6 is 0 Å². The lowest BCUT2D eigenvalue weighted by Gasteiger charge is -2.12. The standard InChI is InChI=1S/C10H8FNO4/c11-7-2-5(9(14)8(13)4-12)1-6(3-7)10(15)16/h1-3,8-9,13-14H,(H,15,16). The highest BCUT2D eigenvalue weighted by molar-refractivity contribution is 5.87. The van der Waals surface area contributed by atoms with E-state index in [-0.39, 0.29) is 11.1 Å². The molecule has 0 aliphatic rings. The van der Waals surface area contributed by atoms with Gasteiger partial charge in [0.2, 0.25) is 0 Å². The highest BCUT2D eigenvalue weighted by atomic mass is 19.1. The van der Waals surface area contributed by atoms with Gasteiger partial charge in [-0.3, -0.25) is 0 Å². The van der Waals surface area contributed by atoms with Crippen molar-refractivity contribution in [2.75, 3.05) is 0 Å². The fourth-order valence-corrected chi connectivity index (χ4v) is 1.16. The fourth-order valence-electron chi connectivity index (χ4n) is 1.16. The predicted octanol–water partition coefficient (Wildman–Crippen LogP) is 0.442. The number of carbonyl (C=O) groups is 1. The molecule has 1 rings (SSSR count). The van der Waals surface area contributed by atoms with Crippen molar-refractivity contribution in [1.29, 1.82) is 5.26 Å². The van der Waals surface area contributed by atoms with Crippen molar-refractivity contribution >= 4 is 5.97 Å².